The molecule has 0 radical (unpaired) electrons. The first kappa shape index (κ1) is 21.9. The Morgan fingerprint density at radius 2 is 1.84 bits per heavy atom. The maximum absolute atomic E-state index is 12.5. The molecule has 3 aromatic carbocycles. The molecule has 5 nitrogen and oxygen atoms in total. The van der Waals surface area contributed by atoms with Gasteiger partial charge in [0.15, 0.2) is 10.2 Å². The molecule has 0 fully saturated rings. The smallest absolute Gasteiger partial charge is 0.257 e. The minimum absolute atomic E-state index is 0.129. The lowest BCUT2D eigenvalue weighted by Crippen LogP contribution is -2.34. The van der Waals surface area contributed by atoms with Crippen LogP contribution in [0.15, 0.2) is 72.1 Å². The number of nitrogens with one attached hydrogen (secondary N) is 2. The molecule has 4 aromatic rings. The fraction of sp³-hybridized carbons (Fsp3) is 0.160. The van der Waals surface area contributed by atoms with Crippen molar-refractivity contribution in [2.45, 2.75) is 26.4 Å². The van der Waals surface area contributed by atoms with E-state index in [1.807, 2.05) is 24.4 Å². The first-order chi connectivity index (χ1) is 15.5. The van der Waals surface area contributed by atoms with Crippen molar-refractivity contribution in [3.63, 3.8) is 0 Å². The molecule has 1 amide bonds. The maximum atomic E-state index is 12.5. The average Bonchev–Trinajstić information content (AvgIpc) is 3.27. The van der Waals surface area contributed by atoms with Gasteiger partial charge in [0.25, 0.3) is 5.91 Å². The number of fused-ring (bicyclic) bond motifs is 1. The summed E-state index contributed by atoms with van der Waals surface area (Å²) in [5, 5.41) is 10.8. The predicted molar refractivity (Wildman–Crippen MR) is 136 cm³/mol. The topological polar surface area (TPSA) is 63.2 Å². The zero-order valence-electron chi connectivity index (χ0n) is 17.8. The summed E-state index contributed by atoms with van der Waals surface area (Å²) in [5.41, 5.74) is 2.39. The van der Waals surface area contributed by atoms with Crippen molar-refractivity contribution in [1.82, 2.24) is 10.3 Å². The summed E-state index contributed by atoms with van der Waals surface area (Å²) >= 11 is 6.73. The molecule has 0 unspecified atom stereocenters. The summed E-state index contributed by atoms with van der Waals surface area (Å²) in [5.74, 6) is 0.449. The Hall–Kier alpha value is -3.29. The number of amides is 1. The van der Waals surface area contributed by atoms with Gasteiger partial charge in [0, 0.05) is 16.5 Å². The van der Waals surface area contributed by atoms with Crippen molar-refractivity contribution in [3.05, 3.63) is 77.7 Å². The minimum Gasteiger partial charge on any atom is -0.491 e. The Morgan fingerprint density at radius 3 is 2.59 bits per heavy atom. The van der Waals surface area contributed by atoms with Crippen LogP contribution in [-0.2, 0) is 0 Å². The Balaban J connectivity index is 1.37. The van der Waals surface area contributed by atoms with E-state index in [2.05, 4.69) is 52.9 Å². The molecule has 4 rings (SSSR count). The van der Waals surface area contributed by atoms with Gasteiger partial charge < -0.3 is 10.1 Å². The van der Waals surface area contributed by atoms with E-state index in [1.54, 1.807) is 24.3 Å². The number of rotatable bonds is 6. The molecule has 1 aromatic heterocycles. The van der Waals surface area contributed by atoms with Gasteiger partial charge in [-0.2, -0.15) is 0 Å². The number of carbonyl (C=O) groups is 1. The van der Waals surface area contributed by atoms with Gasteiger partial charge in [-0.15, -0.1) is 11.3 Å². The number of anilines is 1. The second-order valence-corrected chi connectivity index (χ2v) is 8.64. The van der Waals surface area contributed by atoms with Crippen molar-refractivity contribution in [1.29, 1.82) is 0 Å². The molecular formula is C25H23N3O2S2. The molecule has 0 aliphatic rings. The van der Waals surface area contributed by atoms with Gasteiger partial charge in [-0.1, -0.05) is 43.3 Å². The minimum atomic E-state index is -0.288. The third kappa shape index (κ3) is 5.30. The van der Waals surface area contributed by atoms with Crippen molar-refractivity contribution >= 4 is 50.5 Å². The molecule has 0 bridgehead atoms. The van der Waals surface area contributed by atoms with Crippen LogP contribution < -0.4 is 15.4 Å². The second-order valence-electron chi connectivity index (χ2n) is 7.37. The highest BCUT2D eigenvalue weighted by molar-refractivity contribution is 7.80. The van der Waals surface area contributed by atoms with E-state index >= 15 is 0 Å². The number of benzene rings is 3. The van der Waals surface area contributed by atoms with Crippen LogP contribution in [0, 0.1) is 0 Å². The number of ether oxygens (including phenoxy) is 1. The van der Waals surface area contributed by atoms with E-state index in [0.717, 1.165) is 28.8 Å². The van der Waals surface area contributed by atoms with Gasteiger partial charge in [0.1, 0.15) is 5.75 Å². The van der Waals surface area contributed by atoms with Crippen LogP contribution in [0.4, 0.5) is 5.13 Å². The van der Waals surface area contributed by atoms with E-state index < -0.39 is 0 Å². The van der Waals surface area contributed by atoms with E-state index in [4.69, 9.17) is 17.0 Å². The number of carbonyl (C=O) groups excluding carboxylic acids is 1. The van der Waals surface area contributed by atoms with Crippen molar-refractivity contribution in [2.24, 2.45) is 0 Å². The number of nitrogens with zero attached hydrogens (tertiary/aromatic N) is 1. The van der Waals surface area contributed by atoms with E-state index in [1.165, 1.54) is 16.7 Å². The quantitative estimate of drug-likeness (QED) is 0.332. The predicted octanol–water partition coefficient (Wildman–Crippen LogP) is 6.27. The molecule has 1 atom stereocenters. The normalized spacial score (nSPS) is 11.7. The van der Waals surface area contributed by atoms with Gasteiger partial charge in [0.2, 0.25) is 0 Å². The summed E-state index contributed by atoms with van der Waals surface area (Å²) < 4.78 is 5.74. The summed E-state index contributed by atoms with van der Waals surface area (Å²) in [6.45, 7) is 4.07. The molecule has 32 heavy (non-hydrogen) atoms. The molecule has 7 heteroatoms. The monoisotopic (exact) mass is 461 g/mol. The molecule has 2 N–H and O–H groups in total. The van der Waals surface area contributed by atoms with Crippen LogP contribution in [0.1, 0.15) is 30.6 Å². The Labute approximate surface area is 196 Å². The van der Waals surface area contributed by atoms with Crippen LogP contribution in [0.5, 0.6) is 5.75 Å². The molecule has 162 valence electrons. The van der Waals surface area contributed by atoms with Crippen LogP contribution >= 0.6 is 23.6 Å². The van der Waals surface area contributed by atoms with Crippen molar-refractivity contribution < 1.29 is 9.53 Å². The van der Waals surface area contributed by atoms with E-state index in [-0.39, 0.29) is 17.1 Å². The van der Waals surface area contributed by atoms with Gasteiger partial charge in [-0.3, -0.25) is 10.1 Å². The standard InChI is InChI=1S/C25H23N3O2S2/c1-3-16(2)30-21-12-10-18(11-13-21)23(29)27-24(31)28-25-26-22(15-32-25)20-9-8-17-6-4-5-7-19(17)14-20/h4-16H,3H2,1-2H3,(H2,26,27,28,29,31)/t16-/m0/s1. The number of hydrogen-bond acceptors (Lipinski definition) is 5. The molecule has 0 spiro atoms. The lowest BCUT2D eigenvalue weighted by atomic mass is 10.1. The Bertz CT molecular complexity index is 1250. The largest absolute Gasteiger partial charge is 0.491 e. The van der Waals surface area contributed by atoms with Crippen LogP contribution in [-0.4, -0.2) is 22.1 Å². The molecule has 1 heterocycles. The highest BCUT2D eigenvalue weighted by Gasteiger charge is 2.11. The lowest BCUT2D eigenvalue weighted by Gasteiger charge is -2.13. The van der Waals surface area contributed by atoms with Gasteiger partial charge in [-0.25, -0.2) is 4.98 Å². The molecule has 0 aliphatic carbocycles. The fourth-order valence-corrected chi connectivity index (χ4v) is 4.09. The SMILES string of the molecule is CC[C@H](C)Oc1ccc(C(=O)NC(=S)Nc2nc(-c3ccc4ccccc4c3)cs2)cc1. The number of hydrogen-bond donors (Lipinski definition) is 2. The van der Waals surface area contributed by atoms with Crippen LogP contribution in [0.2, 0.25) is 0 Å². The highest BCUT2D eigenvalue weighted by atomic mass is 32.1. The zero-order valence-corrected chi connectivity index (χ0v) is 19.4. The molecular weight excluding hydrogens is 438 g/mol. The van der Waals surface area contributed by atoms with Crippen LogP contribution in [0.3, 0.4) is 0 Å². The summed E-state index contributed by atoms with van der Waals surface area (Å²) in [6, 6.07) is 21.5. The average molecular weight is 462 g/mol. The third-order valence-electron chi connectivity index (χ3n) is 5.03. The number of aromatic nitrogens is 1. The van der Waals surface area contributed by atoms with E-state index in [0.29, 0.717) is 10.7 Å². The first-order valence-corrected chi connectivity index (χ1v) is 11.6. The Morgan fingerprint density at radius 1 is 1.09 bits per heavy atom. The first-order valence-electron chi connectivity index (χ1n) is 10.4. The van der Waals surface area contributed by atoms with E-state index in [9.17, 15) is 4.79 Å². The maximum Gasteiger partial charge on any atom is 0.257 e. The van der Waals surface area contributed by atoms with Crippen molar-refractivity contribution in [2.75, 3.05) is 5.32 Å². The van der Waals surface area contributed by atoms with Gasteiger partial charge in [-0.05, 0) is 66.7 Å². The summed E-state index contributed by atoms with van der Waals surface area (Å²) in [7, 11) is 0. The zero-order chi connectivity index (χ0) is 22.5. The molecule has 0 saturated carbocycles. The second kappa shape index (κ2) is 9.89. The van der Waals surface area contributed by atoms with Crippen LogP contribution in [0.25, 0.3) is 22.0 Å². The van der Waals surface area contributed by atoms with Gasteiger partial charge >= 0.3 is 0 Å². The summed E-state index contributed by atoms with van der Waals surface area (Å²) in [6.07, 6.45) is 1.05. The third-order valence-corrected chi connectivity index (χ3v) is 5.99. The number of thiocarbonyl (C=S) groups is 1. The van der Waals surface area contributed by atoms with Gasteiger partial charge in [0.05, 0.1) is 11.8 Å². The highest BCUT2D eigenvalue weighted by Crippen LogP contribution is 2.27. The molecule has 0 saturated heterocycles. The van der Waals surface area contributed by atoms with Crippen molar-refractivity contribution in [3.8, 4) is 17.0 Å². The summed E-state index contributed by atoms with van der Waals surface area (Å²) in [4.78, 5) is 17.1. The lowest BCUT2D eigenvalue weighted by molar-refractivity contribution is 0.0977. The Kier molecular flexibility index (Phi) is 6.78. The molecule has 0 aliphatic heterocycles. The number of thiazole rings is 1. The fourth-order valence-electron chi connectivity index (χ4n) is 3.12.